The third-order valence-corrected chi connectivity index (χ3v) is 4.70. The predicted molar refractivity (Wildman–Crippen MR) is 98.9 cm³/mol. The fourth-order valence-electron chi connectivity index (χ4n) is 3.34. The number of carbonyl (C=O) groups is 1. The number of carbonyl (C=O) groups excluding carboxylic acids is 1. The Labute approximate surface area is 166 Å². The average molecular weight is 404 g/mol. The van der Waals surface area contributed by atoms with E-state index in [0.29, 0.717) is 11.3 Å². The summed E-state index contributed by atoms with van der Waals surface area (Å²) in [6.45, 7) is 7.17. The lowest BCUT2D eigenvalue weighted by atomic mass is 9.93. The van der Waals surface area contributed by atoms with Crippen LogP contribution in [0.25, 0.3) is 4.85 Å². The van der Waals surface area contributed by atoms with Crippen LogP contribution in [0.5, 0.6) is 0 Å². The Kier molecular flexibility index (Phi) is 6.39. The van der Waals surface area contributed by atoms with E-state index in [1.807, 2.05) is 30.3 Å². The van der Waals surface area contributed by atoms with Gasteiger partial charge in [0.05, 0.1) is 18.7 Å². The Morgan fingerprint density at radius 2 is 1.83 bits per heavy atom. The third kappa shape index (κ3) is 5.72. The van der Waals surface area contributed by atoms with Crippen molar-refractivity contribution < 1.29 is 27.4 Å². The molecule has 8 heteroatoms. The molecule has 0 N–H and O–H groups in total. The summed E-state index contributed by atoms with van der Waals surface area (Å²) < 4.78 is 47.6. The Balaban J connectivity index is 1.75. The van der Waals surface area contributed by atoms with Gasteiger partial charge in [-0.3, -0.25) is 4.74 Å². The number of hydrogen-bond donors (Lipinski definition) is 0. The first-order valence-corrected chi connectivity index (χ1v) is 9.05. The largest absolute Gasteiger partial charge is 0.522 e. The molecule has 1 aliphatic rings. The van der Waals surface area contributed by atoms with Crippen LogP contribution in [0.4, 0.5) is 23.7 Å². The minimum Gasteiger partial charge on any atom is -0.445 e. The Morgan fingerprint density at radius 3 is 2.45 bits per heavy atom. The van der Waals surface area contributed by atoms with Crippen molar-refractivity contribution in [2.24, 2.45) is 0 Å². The van der Waals surface area contributed by atoms with E-state index >= 15 is 0 Å². The summed E-state index contributed by atoms with van der Waals surface area (Å²) in [4.78, 5) is 17.4. The van der Waals surface area contributed by atoms with Crippen LogP contribution in [0.15, 0.2) is 54.6 Å². The maximum atomic E-state index is 12.7. The summed E-state index contributed by atoms with van der Waals surface area (Å²) in [7, 11) is 0. The van der Waals surface area contributed by atoms with E-state index in [1.54, 1.807) is 24.3 Å². The van der Waals surface area contributed by atoms with Gasteiger partial charge in [-0.2, -0.15) is 0 Å². The van der Waals surface area contributed by atoms with Crippen molar-refractivity contribution >= 4 is 11.8 Å². The molecule has 2 aromatic rings. The van der Waals surface area contributed by atoms with Gasteiger partial charge in [-0.25, -0.2) is 9.64 Å². The zero-order valence-electron chi connectivity index (χ0n) is 15.4. The second kappa shape index (κ2) is 8.97. The van der Waals surface area contributed by atoms with Crippen molar-refractivity contribution in [2.45, 2.75) is 38.0 Å². The van der Waals surface area contributed by atoms with Crippen molar-refractivity contribution in [1.29, 1.82) is 0 Å². The topological polar surface area (TPSA) is 43.1 Å². The van der Waals surface area contributed by atoms with Gasteiger partial charge in [0, 0.05) is 6.54 Å². The molecule has 2 aromatic carbocycles. The Bertz CT molecular complexity index is 863. The van der Waals surface area contributed by atoms with Crippen LogP contribution >= 0.6 is 0 Å². The lowest BCUT2D eigenvalue weighted by molar-refractivity contribution is -0.346. The summed E-state index contributed by atoms with van der Waals surface area (Å²) in [5, 5.41) is 0. The van der Waals surface area contributed by atoms with Crippen LogP contribution in [-0.4, -0.2) is 30.0 Å². The summed E-state index contributed by atoms with van der Waals surface area (Å²) in [5.74, 6) is 0. The summed E-state index contributed by atoms with van der Waals surface area (Å²) >= 11 is 0. The normalized spacial score (nSPS) is 19.4. The Morgan fingerprint density at radius 1 is 1.14 bits per heavy atom. The predicted octanol–water partition coefficient (Wildman–Crippen LogP) is 5.62. The van der Waals surface area contributed by atoms with Crippen LogP contribution in [-0.2, 0) is 16.1 Å². The molecule has 0 unspecified atom stereocenters. The second-order valence-corrected chi connectivity index (χ2v) is 6.66. The van der Waals surface area contributed by atoms with Crippen LogP contribution in [0.2, 0.25) is 0 Å². The lowest BCUT2D eigenvalue weighted by Gasteiger charge is -2.39. The van der Waals surface area contributed by atoms with Crippen LogP contribution < -0.4 is 0 Å². The molecule has 3 rings (SSSR count). The van der Waals surface area contributed by atoms with Gasteiger partial charge in [0.15, 0.2) is 5.69 Å². The van der Waals surface area contributed by atoms with Crippen molar-refractivity contribution in [2.75, 3.05) is 6.54 Å². The van der Waals surface area contributed by atoms with E-state index in [4.69, 9.17) is 11.3 Å². The molecule has 0 aliphatic carbocycles. The molecule has 5 nitrogen and oxygen atoms in total. The fraction of sp³-hybridized carbons (Fsp3) is 0.333. The van der Waals surface area contributed by atoms with Gasteiger partial charge in [-0.15, -0.1) is 13.2 Å². The number of amides is 1. The molecule has 0 saturated carbocycles. The highest BCUT2D eigenvalue weighted by atomic mass is 19.4. The summed E-state index contributed by atoms with van der Waals surface area (Å²) in [6.07, 6.45) is -6.36. The first-order chi connectivity index (χ1) is 13.9. The molecular weight excluding hydrogens is 385 g/mol. The molecule has 0 spiro atoms. The fourth-order valence-corrected chi connectivity index (χ4v) is 3.34. The molecule has 0 bridgehead atoms. The maximum Gasteiger partial charge on any atom is 0.522 e. The highest BCUT2D eigenvalue weighted by molar-refractivity contribution is 5.68. The quantitative estimate of drug-likeness (QED) is 0.622. The van der Waals surface area contributed by atoms with E-state index in [2.05, 4.69) is 9.58 Å². The van der Waals surface area contributed by atoms with Crippen LogP contribution in [0.1, 0.15) is 30.0 Å². The number of piperidine rings is 1. The second-order valence-electron chi connectivity index (χ2n) is 6.66. The van der Waals surface area contributed by atoms with Crippen LogP contribution in [0, 0.1) is 6.57 Å². The standard InChI is InChI=1S/C21H19F3N2O3/c1-25-17-9-7-16(8-10-17)19-13-18(29-21(22,23)24)11-12-26(19)20(27)28-14-15-5-3-2-4-6-15/h2-10,18-19H,11-14H2/t18-,19-/m0/s1. The summed E-state index contributed by atoms with van der Waals surface area (Å²) in [5.41, 5.74) is 1.85. The number of nitrogens with zero attached hydrogens (tertiary/aromatic N) is 2. The molecule has 0 radical (unpaired) electrons. The van der Waals surface area contributed by atoms with Crippen molar-refractivity contribution in [3.8, 4) is 0 Å². The number of benzene rings is 2. The van der Waals surface area contributed by atoms with Crippen LogP contribution in [0.3, 0.4) is 0 Å². The van der Waals surface area contributed by atoms with Gasteiger partial charge >= 0.3 is 12.5 Å². The smallest absolute Gasteiger partial charge is 0.445 e. The minimum absolute atomic E-state index is 0.0166. The summed E-state index contributed by atoms with van der Waals surface area (Å²) in [6, 6.07) is 14.9. The van der Waals surface area contributed by atoms with Gasteiger partial charge < -0.3 is 9.64 Å². The number of ether oxygens (including phenoxy) is 2. The van der Waals surface area contributed by atoms with Gasteiger partial charge in [-0.1, -0.05) is 54.6 Å². The highest BCUT2D eigenvalue weighted by Gasteiger charge is 2.40. The molecule has 1 aliphatic heterocycles. The molecule has 1 fully saturated rings. The minimum atomic E-state index is -4.74. The molecule has 1 amide bonds. The molecule has 1 heterocycles. The SMILES string of the molecule is [C-]#[N+]c1ccc([C@@H]2C[C@@H](OC(F)(F)F)CCN2C(=O)OCc2ccccc2)cc1. The first-order valence-electron chi connectivity index (χ1n) is 9.05. The van der Waals surface area contributed by atoms with Crippen molar-refractivity contribution in [1.82, 2.24) is 4.90 Å². The van der Waals surface area contributed by atoms with E-state index in [1.165, 1.54) is 4.90 Å². The number of alkyl halides is 3. The van der Waals surface area contributed by atoms with Crippen molar-refractivity contribution in [3.05, 3.63) is 77.1 Å². The lowest BCUT2D eigenvalue weighted by Crippen LogP contribution is -2.44. The van der Waals surface area contributed by atoms with E-state index < -0.39 is 24.6 Å². The zero-order chi connectivity index (χ0) is 20.9. The molecular formula is C21H19F3N2O3. The molecule has 0 aromatic heterocycles. The highest BCUT2D eigenvalue weighted by Crippen LogP contribution is 2.36. The number of hydrogen-bond acceptors (Lipinski definition) is 3. The number of rotatable bonds is 4. The zero-order valence-corrected chi connectivity index (χ0v) is 15.4. The van der Waals surface area contributed by atoms with E-state index in [0.717, 1.165) is 5.56 Å². The van der Waals surface area contributed by atoms with Gasteiger partial charge in [-0.05, 0) is 24.0 Å². The maximum absolute atomic E-state index is 12.7. The van der Waals surface area contributed by atoms with Gasteiger partial charge in [0.1, 0.15) is 6.61 Å². The number of halogens is 3. The van der Waals surface area contributed by atoms with Gasteiger partial charge in [0.2, 0.25) is 0 Å². The third-order valence-electron chi connectivity index (χ3n) is 4.70. The molecule has 1 saturated heterocycles. The van der Waals surface area contributed by atoms with E-state index in [9.17, 15) is 18.0 Å². The van der Waals surface area contributed by atoms with E-state index in [-0.39, 0.29) is 26.0 Å². The molecule has 29 heavy (non-hydrogen) atoms. The monoisotopic (exact) mass is 404 g/mol. The Hall–Kier alpha value is -3.05. The number of likely N-dealkylation sites (tertiary alicyclic amines) is 1. The average Bonchev–Trinajstić information content (AvgIpc) is 2.71. The van der Waals surface area contributed by atoms with Gasteiger partial charge in [0.25, 0.3) is 0 Å². The molecule has 152 valence electrons. The molecule has 2 atom stereocenters. The first kappa shape index (κ1) is 20.7. The van der Waals surface area contributed by atoms with Crippen molar-refractivity contribution in [3.63, 3.8) is 0 Å².